The zero-order chi connectivity index (χ0) is 24.1. The quantitative estimate of drug-likeness (QED) is 0.369. The first-order chi connectivity index (χ1) is 16.3. The summed E-state index contributed by atoms with van der Waals surface area (Å²) in [5, 5.41) is 3.41. The molecule has 0 radical (unpaired) electrons. The molecule has 0 fully saturated rings. The van der Waals surface area contributed by atoms with Crippen molar-refractivity contribution in [2.24, 2.45) is 0 Å². The number of aryl methyl sites for hydroxylation is 1. The van der Waals surface area contributed by atoms with Gasteiger partial charge in [-0.2, -0.15) is 0 Å². The van der Waals surface area contributed by atoms with Crippen molar-refractivity contribution in [2.75, 3.05) is 18.4 Å². The Balaban J connectivity index is 1.52. The number of hydrogen-bond acceptors (Lipinski definition) is 3. The molecule has 0 spiro atoms. The Morgan fingerprint density at radius 1 is 1.00 bits per heavy atom. The maximum Gasteiger partial charge on any atom is 0.415 e. The van der Waals surface area contributed by atoms with Crippen molar-refractivity contribution in [1.29, 1.82) is 0 Å². The van der Waals surface area contributed by atoms with E-state index < -0.39 is 0 Å². The predicted molar refractivity (Wildman–Crippen MR) is 143 cm³/mol. The molecule has 1 aliphatic rings. The van der Waals surface area contributed by atoms with E-state index in [1.807, 2.05) is 24.3 Å². The first-order valence-corrected chi connectivity index (χ1v) is 12.8. The molecule has 1 N–H and O–H groups in total. The molecule has 4 rings (SSSR count). The van der Waals surface area contributed by atoms with Gasteiger partial charge >= 0.3 is 6.09 Å². The first kappa shape index (κ1) is 24.3. The van der Waals surface area contributed by atoms with Crippen LogP contribution in [0.1, 0.15) is 49.4 Å². The van der Waals surface area contributed by atoms with Crippen LogP contribution in [0.2, 0.25) is 0 Å². The van der Waals surface area contributed by atoms with Crippen molar-refractivity contribution >= 4 is 27.7 Å². The van der Waals surface area contributed by atoms with Crippen molar-refractivity contribution in [3.05, 3.63) is 93.5 Å². The average Bonchev–Trinajstić information content (AvgIpc) is 2.82. The molecule has 0 unspecified atom stereocenters. The number of para-hydroxylation sites is 1. The molecular weight excluding hydrogens is 488 g/mol. The molecule has 0 bridgehead atoms. The molecule has 34 heavy (non-hydrogen) atoms. The third-order valence-electron chi connectivity index (χ3n) is 6.27. The molecule has 0 saturated carbocycles. The van der Waals surface area contributed by atoms with Crippen LogP contribution in [0, 0.1) is 0 Å². The number of halogens is 1. The Morgan fingerprint density at radius 2 is 1.71 bits per heavy atom. The highest BCUT2D eigenvalue weighted by atomic mass is 79.9. The van der Waals surface area contributed by atoms with Crippen molar-refractivity contribution < 1.29 is 9.53 Å². The molecule has 5 heteroatoms. The third kappa shape index (κ3) is 6.20. The van der Waals surface area contributed by atoms with Crippen LogP contribution in [-0.2, 0) is 24.8 Å². The van der Waals surface area contributed by atoms with Gasteiger partial charge in [0.25, 0.3) is 0 Å². The van der Waals surface area contributed by atoms with Gasteiger partial charge in [-0.15, -0.1) is 0 Å². The smallest absolute Gasteiger partial charge is 0.408 e. The minimum Gasteiger partial charge on any atom is -0.408 e. The second kappa shape index (κ2) is 10.6. The van der Waals surface area contributed by atoms with Gasteiger partial charge in [-0.1, -0.05) is 85.2 Å². The Morgan fingerprint density at radius 3 is 2.41 bits per heavy atom. The lowest BCUT2D eigenvalue weighted by Gasteiger charge is -2.25. The summed E-state index contributed by atoms with van der Waals surface area (Å²) in [6.07, 6.45) is 2.53. The van der Waals surface area contributed by atoms with Crippen LogP contribution in [0.15, 0.2) is 71.2 Å². The number of fused-ring (bicyclic) bond motifs is 1. The average molecular weight is 521 g/mol. The second-order valence-corrected chi connectivity index (χ2v) is 10.8. The number of anilines is 1. The second-order valence-electron chi connectivity index (χ2n) is 9.93. The number of benzene rings is 3. The van der Waals surface area contributed by atoms with Crippen molar-refractivity contribution in [3.8, 4) is 5.75 Å². The summed E-state index contributed by atoms with van der Waals surface area (Å²) in [4.78, 5) is 15.2. The lowest BCUT2D eigenvalue weighted by Crippen LogP contribution is -2.35. The van der Waals surface area contributed by atoms with Gasteiger partial charge in [0.1, 0.15) is 0 Å². The van der Waals surface area contributed by atoms with Gasteiger partial charge in [0, 0.05) is 24.1 Å². The minimum atomic E-state index is -0.321. The van der Waals surface area contributed by atoms with Crippen LogP contribution in [-0.4, -0.2) is 24.1 Å². The van der Waals surface area contributed by atoms with Crippen molar-refractivity contribution in [2.45, 2.75) is 52.0 Å². The fourth-order valence-electron chi connectivity index (χ4n) is 4.20. The van der Waals surface area contributed by atoms with E-state index in [-0.39, 0.29) is 11.5 Å². The van der Waals surface area contributed by atoms with E-state index >= 15 is 0 Å². The third-order valence-corrected chi connectivity index (χ3v) is 6.80. The fourth-order valence-corrected chi connectivity index (χ4v) is 4.47. The maximum atomic E-state index is 13.4. The summed E-state index contributed by atoms with van der Waals surface area (Å²) in [5.41, 5.74) is 5.80. The van der Waals surface area contributed by atoms with Crippen molar-refractivity contribution in [3.63, 3.8) is 0 Å². The van der Waals surface area contributed by atoms with Crippen LogP contribution in [0.5, 0.6) is 5.75 Å². The van der Waals surface area contributed by atoms with E-state index in [0.29, 0.717) is 18.8 Å². The standard InChI is InChI=1S/C29H33BrN2O2/c1-29(2,3)24-13-9-22(10-14-24)20-32(19-17-21-11-15-25(30)16-12-21)28(33)34-26-8-4-6-23-7-5-18-31-27(23)26/h4,6,8-16,31H,5,7,17-20H2,1-3H3. The molecule has 0 aliphatic carbocycles. The molecule has 1 heterocycles. The Kier molecular flexibility index (Phi) is 7.62. The monoisotopic (exact) mass is 520 g/mol. The summed E-state index contributed by atoms with van der Waals surface area (Å²) in [6, 6.07) is 22.7. The normalized spacial score (nSPS) is 13.1. The number of hydrogen-bond donors (Lipinski definition) is 1. The number of nitrogens with one attached hydrogen (secondary N) is 1. The molecule has 1 aliphatic heterocycles. The lowest BCUT2D eigenvalue weighted by atomic mass is 9.87. The van der Waals surface area contributed by atoms with E-state index in [1.54, 1.807) is 4.90 Å². The zero-order valence-corrected chi connectivity index (χ0v) is 21.8. The SMILES string of the molecule is CC(C)(C)c1ccc(CN(CCc2ccc(Br)cc2)C(=O)Oc2cccc3c2NCCC3)cc1. The fraction of sp³-hybridized carbons (Fsp3) is 0.345. The zero-order valence-electron chi connectivity index (χ0n) is 20.2. The number of amides is 1. The van der Waals surface area contributed by atoms with E-state index in [1.165, 1.54) is 16.7 Å². The Bertz CT molecular complexity index is 1120. The van der Waals surface area contributed by atoms with E-state index in [4.69, 9.17) is 4.74 Å². The van der Waals surface area contributed by atoms with Gasteiger partial charge in [-0.05, 0) is 65.1 Å². The number of ether oxygens (including phenoxy) is 1. The maximum absolute atomic E-state index is 13.4. The van der Waals surface area contributed by atoms with E-state index in [0.717, 1.165) is 41.5 Å². The predicted octanol–water partition coefficient (Wildman–Crippen LogP) is 7.35. The van der Waals surface area contributed by atoms with E-state index in [9.17, 15) is 4.79 Å². The topological polar surface area (TPSA) is 41.6 Å². The molecule has 4 nitrogen and oxygen atoms in total. The largest absolute Gasteiger partial charge is 0.415 e. The molecule has 3 aromatic rings. The summed E-state index contributed by atoms with van der Waals surface area (Å²) in [5.74, 6) is 0.610. The summed E-state index contributed by atoms with van der Waals surface area (Å²) in [6.45, 7) is 8.59. The van der Waals surface area contributed by atoms with Crippen LogP contribution < -0.4 is 10.1 Å². The van der Waals surface area contributed by atoms with Gasteiger partial charge in [-0.25, -0.2) is 4.79 Å². The Hall–Kier alpha value is -2.79. The highest BCUT2D eigenvalue weighted by molar-refractivity contribution is 9.10. The highest BCUT2D eigenvalue weighted by Crippen LogP contribution is 2.32. The molecule has 1 amide bonds. The Labute approximate surface area is 211 Å². The molecular formula is C29H33BrN2O2. The van der Waals surface area contributed by atoms with Crippen LogP contribution in [0.4, 0.5) is 10.5 Å². The number of rotatable bonds is 6. The van der Waals surface area contributed by atoms with Gasteiger partial charge in [0.05, 0.1) is 5.69 Å². The van der Waals surface area contributed by atoms with Crippen molar-refractivity contribution in [1.82, 2.24) is 4.90 Å². The van der Waals surface area contributed by atoms with Gasteiger partial charge < -0.3 is 15.0 Å². The van der Waals surface area contributed by atoms with Crippen LogP contribution in [0.25, 0.3) is 0 Å². The lowest BCUT2D eigenvalue weighted by molar-refractivity contribution is 0.150. The van der Waals surface area contributed by atoms with Gasteiger partial charge in [-0.3, -0.25) is 0 Å². The van der Waals surface area contributed by atoms with Gasteiger partial charge in [0.2, 0.25) is 0 Å². The van der Waals surface area contributed by atoms with Crippen LogP contribution >= 0.6 is 15.9 Å². The molecule has 0 atom stereocenters. The van der Waals surface area contributed by atoms with Gasteiger partial charge in [0.15, 0.2) is 5.75 Å². The van der Waals surface area contributed by atoms with E-state index in [2.05, 4.69) is 84.5 Å². The highest BCUT2D eigenvalue weighted by Gasteiger charge is 2.21. The number of nitrogens with zero attached hydrogens (tertiary/aromatic N) is 1. The molecule has 3 aromatic carbocycles. The number of carbonyl (C=O) groups excluding carboxylic acids is 1. The molecule has 178 valence electrons. The minimum absolute atomic E-state index is 0.0954. The number of carbonyl (C=O) groups is 1. The molecule has 0 aromatic heterocycles. The summed E-state index contributed by atoms with van der Waals surface area (Å²) in [7, 11) is 0. The molecule has 0 saturated heterocycles. The van der Waals surface area contributed by atoms with Crippen LogP contribution in [0.3, 0.4) is 0 Å². The summed E-state index contributed by atoms with van der Waals surface area (Å²) >= 11 is 3.49. The first-order valence-electron chi connectivity index (χ1n) is 12.0. The summed E-state index contributed by atoms with van der Waals surface area (Å²) < 4.78 is 7.00.